The van der Waals surface area contributed by atoms with Crippen LogP contribution >= 0.6 is 15.9 Å². The van der Waals surface area contributed by atoms with Crippen molar-refractivity contribution in [2.75, 3.05) is 13.1 Å². The van der Waals surface area contributed by atoms with E-state index in [2.05, 4.69) is 21.2 Å². The summed E-state index contributed by atoms with van der Waals surface area (Å²) in [5.74, 6) is -0.798. The first-order chi connectivity index (χ1) is 12.5. The maximum atomic E-state index is 12.5. The quantitative estimate of drug-likeness (QED) is 0.602. The Morgan fingerprint density at radius 2 is 1.69 bits per heavy atom. The number of hydrogen-bond donors (Lipinski definition) is 1. The molecule has 1 saturated heterocycles. The van der Waals surface area contributed by atoms with Crippen molar-refractivity contribution in [3.8, 4) is 0 Å². The van der Waals surface area contributed by atoms with Crippen LogP contribution in [0.5, 0.6) is 0 Å². The summed E-state index contributed by atoms with van der Waals surface area (Å²) < 4.78 is 0.909. The first-order valence-corrected chi connectivity index (χ1v) is 9.27. The molecule has 0 radical (unpaired) electrons. The molecule has 2 aromatic rings. The van der Waals surface area contributed by atoms with E-state index in [1.54, 1.807) is 36.4 Å². The van der Waals surface area contributed by atoms with Crippen LogP contribution in [0.1, 0.15) is 33.6 Å². The summed E-state index contributed by atoms with van der Waals surface area (Å²) in [5.41, 5.74) is 1.05. The van der Waals surface area contributed by atoms with Crippen LogP contribution in [0.2, 0.25) is 0 Å². The van der Waals surface area contributed by atoms with E-state index >= 15 is 0 Å². The summed E-state index contributed by atoms with van der Waals surface area (Å²) in [5, 5.41) is 2.45. The van der Waals surface area contributed by atoms with Crippen molar-refractivity contribution >= 4 is 33.5 Å². The Morgan fingerprint density at radius 3 is 2.38 bits per heavy atom. The molecule has 0 saturated carbocycles. The average Bonchev–Trinajstić information content (AvgIpc) is 3.11. The number of ketones is 1. The number of imide groups is 1. The van der Waals surface area contributed by atoms with E-state index in [4.69, 9.17) is 0 Å². The number of hydrogen-bond acceptors (Lipinski definition) is 4. The molecule has 1 fully saturated rings. The lowest BCUT2D eigenvalue weighted by atomic mass is 10.1. The fourth-order valence-electron chi connectivity index (χ4n) is 3.08. The molecule has 0 aromatic heterocycles. The Labute approximate surface area is 160 Å². The minimum atomic E-state index is -0.456. The molecule has 1 aliphatic rings. The van der Waals surface area contributed by atoms with Gasteiger partial charge in [-0.3, -0.25) is 24.6 Å². The zero-order valence-corrected chi connectivity index (χ0v) is 15.7. The van der Waals surface area contributed by atoms with Crippen molar-refractivity contribution in [1.29, 1.82) is 0 Å². The molecular formula is C20H19BrN2O3. The number of likely N-dealkylation sites (tertiary alicyclic amines) is 1. The normalized spacial score (nSPS) is 17.0. The Hall–Kier alpha value is -2.31. The van der Waals surface area contributed by atoms with Crippen molar-refractivity contribution in [1.82, 2.24) is 10.2 Å². The van der Waals surface area contributed by atoms with Gasteiger partial charge >= 0.3 is 0 Å². The highest BCUT2D eigenvalue weighted by molar-refractivity contribution is 9.10. The first-order valence-electron chi connectivity index (χ1n) is 8.47. The predicted octanol–water partition coefficient (Wildman–Crippen LogP) is 3.05. The van der Waals surface area contributed by atoms with Crippen molar-refractivity contribution in [2.24, 2.45) is 0 Å². The molecule has 26 heavy (non-hydrogen) atoms. The summed E-state index contributed by atoms with van der Waals surface area (Å²) in [6.45, 7) is 0.832. The number of benzene rings is 2. The van der Waals surface area contributed by atoms with E-state index in [1.807, 2.05) is 23.1 Å². The monoisotopic (exact) mass is 414 g/mol. The van der Waals surface area contributed by atoms with Gasteiger partial charge in [-0.25, -0.2) is 0 Å². The third-order valence-electron chi connectivity index (χ3n) is 4.45. The number of Topliss-reactive ketones (excluding diaryl/α,β-unsaturated/α-hetero) is 1. The van der Waals surface area contributed by atoms with Crippen LogP contribution < -0.4 is 5.32 Å². The van der Waals surface area contributed by atoms with E-state index < -0.39 is 11.9 Å². The second-order valence-corrected chi connectivity index (χ2v) is 7.16. The fourth-order valence-corrected chi connectivity index (χ4v) is 3.35. The minimum Gasteiger partial charge on any atom is -0.293 e. The maximum Gasteiger partial charge on any atom is 0.257 e. The molecule has 0 aliphatic carbocycles. The van der Waals surface area contributed by atoms with Crippen LogP contribution in [0.15, 0.2) is 59.1 Å². The van der Waals surface area contributed by atoms with E-state index in [9.17, 15) is 14.4 Å². The van der Waals surface area contributed by atoms with Gasteiger partial charge < -0.3 is 0 Å². The van der Waals surface area contributed by atoms with E-state index in [0.29, 0.717) is 24.1 Å². The van der Waals surface area contributed by atoms with E-state index in [1.165, 1.54) is 0 Å². The number of rotatable bonds is 5. The van der Waals surface area contributed by atoms with Crippen LogP contribution in [-0.4, -0.2) is 41.6 Å². The predicted molar refractivity (Wildman–Crippen MR) is 102 cm³/mol. The molecule has 1 aliphatic heterocycles. The standard InChI is InChI=1S/C20H19BrN2O3/c21-16-10-8-14(9-11-16)18(24)13-23-12-4-7-17(23)20(26)22-19(25)15-5-2-1-3-6-15/h1-3,5-6,8-11,17H,4,7,12-13H2,(H,22,25,26)/t17-/m1/s1. The molecule has 1 atom stereocenters. The largest absolute Gasteiger partial charge is 0.293 e. The Balaban J connectivity index is 1.62. The third kappa shape index (κ3) is 4.45. The van der Waals surface area contributed by atoms with E-state index in [-0.39, 0.29) is 18.2 Å². The van der Waals surface area contributed by atoms with Crippen molar-refractivity contribution in [3.05, 3.63) is 70.2 Å². The van der Waals surface area contributed by atoms with Gasteiger partial charge in [-0.2, -0.15) is 0 Å². The van der Waals surface area contributed by atoms with Crippen molar-refractivity contribution < 1.29 is 14.4 Å². The highest BCUT2D eigenvalue weighted by Crippen LogP contribution is 2.19. The zero-order valence-electron chi connectivity index (χ0n) is 14.2. The molecule has 0 spiro atoms. The highest BCUT2D eigenvalue weighted by Gasteiger charge is 2.32. The lowest BCUT2D eigenvalue weighted by molar-refractivity contribution is -0.124. The summed E-state index contributed by atoms with van der Waals surface area (Å²) in [7, 11) is 0. The summed E-state index contributed by atoms with van der Waals surface area (Å²) in [4.78, 5) is 39.0. The lowest BCUT2D eigenvalue weighted by Gasteiger charge is -2.22. The Bertz CT molecular complexity index is 806. The number of carbonyl (C=O) groups excluding carboxylic acids is 3. The Morgan fingerprint density at radius 1 is 1.00 bits per heavy atom. The number of amides is 2. The molecule has 1 N–H and O–H groups in total. The van der Waals surface area contributed by atoms with Gasteiger partial charge in [0, 0.05) is 15.6 Å². The summed E-state index contributed by atoms with van der Waals surface area (Å²) in [6, 6.07) is 15.3. The minimum absolute atomic E-state index is 0.0356. The molecule has 2 amide bonds. The molecule has 0 unspecified atom stereocenters. The second kappa shape index (κ2) is 8.38. The lowest BCUT2D eigenvalue weighted by Crippen LogP contribution is -2.46. The molecular weight excluding hydrogens is 396 g/mol. The average molecular weight is 415 g/mol. The van der Waals surface area contributed by atoms with Gasteiger partial charge in [0.1, 0.15) is 0 Å². The molecule has 134 valence electrons. The topological polar surface area (TPSA) is 66.5 Å². The third-order valence-corrected chi connectivity index (χ3v) is 4.98. The zero-order chi connectivity index (χ0) is 18.5. The van der Waals surface area contributed by atoms with Crippen LogP contribution in [0.3, 0.4) is 0 Å². The number of halogens is 1. The number of carbonyl (C=O) groups is 3. The number of nitrogens with zero attached hydrogens (tertiary/aromatic N) is 1. The van der Waals surface area contributed by atoms with Crippen LogP contribution in [0.4, 0.5) is 0 Å². The van der Waals surface area contributed by atoms with E-state index in [0.717, 1.165) is 10.9 Å². The smallest absolute Gasteiger partial charge is 0.257 e. The highest BCUT2D eigenvalue weighted by atomic mass is 79.9. The fraction of sp³-hybridized carbons (Fsp3) is 0.250. The van der Waals surface area contributed by atoms with Gasteiger partial charge in [-0.05, 0) is 43.7 Å². The Kier molecular flexibility index (Phi) is 5.96. The van der Waals surface area contributed by atoms with Gasteiger partial charge in [-0.1, -0.05) is 46.3 Å². The second-order valence-electron chi connectivity index (χ2n) is 6.24. The van der Waals surface area contributed by atoms with Gasteiger partial charge in [0.2, 0.25) is 5.91 Å². The molecule has 0 bridgehead atoms. The van der Waals surface area contributed by atoms with Crippen molar-refractivity contribution in [3.63, 3.8) is 0 Å². The molecule has 5 nitrogen and oxygen atoms in total. The van der Waals surface area contributed by atoms with Crippen LogP contribution in [-0.2, 0) is 4.79 Å². The van der Waals surface area contributed by atoms with Gasteiger partial charge in [0.25, 0.3) is 5.91 Å². The van der Waals surface area contributed by atoms with Gasteiger partial charge in [-0.15, -0.1) is 0 Å². The van der Waals surface area contributed by atoms with Crippen LogP contribution in [0.25, 0.3) is 0 Å². The molecule has 2 aromatic carbocycles. The van der Waals surface area contributed by atoms with Gasteiger partial charge in [0.05, 0.1) is 12.6 Å². The van der Waals surface area contributed by atoms with Gasteiger partial charge in [0.15, 0.2) is 5.78 Å². The number of nitrogens with one attached hydrogen (secondary N) is 1. The molecule has 3 rings (SSSR count). The molecule has 6 heteroatoms. The molecule has 1 heterocycles. The SMILES string of the molecule is O=C(CN1CCC[C@@H]1C(=O)NC(=O)c1ccccc1)c1ccc(Br)cc1. The maximum absolute atomic E-state index is 12.5. The summed E-state index contributed by atoms with van der Waals surface area (Å²) in [6.07, 6.45) is 1.47. The first kappa shape index (κ1) is 18.5. The van der Waals surface area contributed by atoms with Crippen LogP contribution in [0, 0.1) is 0 Å². The van der Waals surface area contributed by atoms with Crippen molar-refractivity contribution in [2.45, 2.75) is 18.9 Å². The summed E-state index contributed by atoms with van der Waals surface area (Å²) >= 11 is 3.35.